The van der Waals surface area contributed by atoms with Gasteiger partial charge in [-0.15, -0.1) is 0 Å². The molecule has 0 spiro atoms. The van der Waals surface area contributed by atoms with Gasteiger partial charge in [0.2, 0.25) is 0 Å². The largest absolute Gasteiger partial charge is 0.383 e. The van der Waals surface area contributed by atoms with Gasteiger partial charge in [-0.25, -0.2) is 0 Å². The maximum atomic E-state index is 5.75. The molecule has 4 heteroatoms. The minimum Gasteiger partial charge on any atom is -0.383 e. The first kappa shape index (κ1) is 13.5. The van der Waals surface area contributed by atoms with Crippen LogP contribution < -0.4 is 10.6 Å². The van der Waals surface area contributed by atoms with E-state index >= 15 is 0 Å². The van der Waals surface area contributed by atoms with Crippen LogP contribution in [0.5, 0.6) is 0 Å². The Morgan fingerprint density at radius 3 is 2.75 bits per heavy atom. The van der Waals surface area contributed by atoms with Crippen LogP contribution in [0.25, 0.3) is 0 Å². The third kappa shape index (κ3) is 3.47. The number of hydrogen-bond donors (Lipinski definition) is 1. The lowest BCUT2D eigenvalue weighted by Crippen LogP contribution is -2.28. The predicted molar refractivity (Wildman–Crippen MR) is 71.8 cm³/mol. The maximum absolute atomic E-state index is 5.75. The molecular weight excluding hydrogens is 268 g/mol. The van der Waals surface area contributed by atoms with Crippen LogP contribution in [0.1, 0.15) is 12.5 Å². The van der Waals surface area contributed by atoms with Crippen LogP contribution in [0.2, 0.25) is 0 Å². The van der Waals surface area contributed by atoms with Crippen LogP contribution in [-0.2, 0) is 11.3 Å². The topological polar surface area (TPSA) is 38.5 Å². The van der Waals surface area contributed by atoms with Gasteiger partial charge in [0.15, 0.2) is 0 Å². The molecule has 0 saturated carbocycles. The van der Waals surface area contributed by atoms with Crippen molar-refractivity contribution in [2.75, 3.05) is 31.7 Å². The van der Waals surface area contributed by atoms with Crippen molar-refractivity contribution >= 4 is 21.6 Å². The van der Waals surface area contributed by atoms with Crippen LogP contribution in [0.15, 0.2) is 22.7 Å². The molecule has 0 heterocycles. The summed E-state index contributed by atoms with van der Waals surface area (Å²) in [5.74, 6) is 0. The van der Waals surface area contributed by atoms with Crippen molar-refractivity contribution in [3.8, 4) is 0 Å². The van der Waals surface area contributed by atoms with Crippen LogP contribution in [-0.4, -0.2) is 26.8 Å². The van der Waals surface area contributed by atoms with Crippen LogP contribution in [0, 0.1) is 0 Å². The van der Waals surface area contributed by atoms with E-state index in [4.69, 9.17) is 10.5 Å². The van der Waals surface area contributed by atoms with Crippen molar-refractivity contribution in [2.24, 2.45) is 5.73 Å². The van der Waals surface area contributed by atoms with Gasteiger partial charge < -0.3 is 15.4 Å². The highest BCUT2D eigenvalue weighted by Gasteiger charge is 2.09. The standard InChI is InChI=1S/C12H19BrN2O/c1-3-15(6-7-16-2)12-8-11(13)5-4-10(12)9-14/h4-5,8H,3,6-7,9,14H2,1-2H3. The van der Waals surface area contributed by atoms with Gasteiger partial charge in [-0.3, -0.25) is 0 Å². The monoisotopic (exact) mass is 286 g/mol. The summed E-state index contributed by atoms with van der Waals surface area (Å²) in [7, 11) is 1.72. The van der Waals surface area contributed by atoms with Gasteiger partial charge in [0.25, 0.3) is 0 Å². The molecule has 0 aromatic heterocycles. The number of benzene rings is 1. The Morgan fingerprint density at radius 2 is 2.19 bits per heavy atom. The Morgan fingerprint density at radius 1 is 1.44 bits per heavy atom. The van der Waals surface area contributed by atoms with Gasteiger partial charge in [0.1, 0.15) is 0 Å². The lowest BCUT2D eigenvalue weighted by atomic mass is 10.1. The smallest absolute Gasteiger partial charge is 0.0637 e. The second-order valence-electron chi connectivity index (χ2n) is 3.55. The lowest BCUT2D eigenvalue weighted by molar-refractivity contribution is 0.205. The van der Waals surface area contributed by atoms with Crippen molar-refractivity contribution in [3.05, 3.63) is 28.2 Å². The van der Waals surface area contributed by atoms with Crippen molar-refractivity contribution in [2.45, 2.75) is 13.5 Å². The molecule has 0 saturated heterocycles. The van der Waals surface area contributed by atoms with Gasteiger partial charge in [0.05, 0.1) is 6.61 Å². The van der Waals surface area contributed by atoms with E-state index in [1.54, 1.807) is 7.11 Å². The number of nitrogens with two attached hydrogens (primary N) is 1. The summed E-state index contributed by atoms with van der Waals surface area (Å²) in [6.45, 7) is 5.26. The fourth-order valence-electron chi connectivity index (χ4n) is 1.65. The first-order valence-corrected chi connectivity index (χ1v) is 6.24. The zero-order chi connectivity index (χ0) is 12.0. The van der Waals surface area contributed by atoms with E-state index in [0.29, 0.717) is 6.54 Å². The van der Waals surface area contributed by atoms with Gasteiger partial charge in [-0.2, -0.15) is 0 Å². The summed E-state index contributed by atoms with van der Waals surface area (Å²) >= 11 is 3.49. The Kier molecular flexibility index (Phi) is 5.80. The molecule has 90 valence electrons. The van der Waals surface area contributed by atoms with Crippen LogP contribution in [0.4, 0.5) is 5.69 Å². The minimum atomic E-state index is 0.562. The second-order valence-corrected chi connectivity index (χ2v) is 4.47. The fraction of sp³-hybridized carbons (Fsp3) is 0.500. The average molecular weight is 287 g/mol. The summed E-state index contributed by atoms with van der Waals surface area (Å²) < 4.78 is 6.19. The molecule has 1 aromatic carbocycles. The van der Waals surface area contributed by atoms with Gasteiger partial charge in [-0.05, 0) is 24.6 Å². The van der Waals surface area contributed by atoms with Gasteiger partial charge in [-0.1, -0.05) is 22.0 Å². The average Bonchev–Trinajstić information content (AvgIpc) is 2.30. The zero-order valence-corrected chi connectivity index (χ0v) is 11.5. The lowest BCUT2D eigenvalue weighted by Gasteiger charge is -2.25. The molecule has 0 aliphatic carbocycles. The molecule has 1 rings (SSSR count). The number of nitrogens with zero attached hydrogens (tertiary/aromatic N) is 1. The summed E-state index contributed by atoms with van der Waals surface area (Å²) in [6, 6.07) is 6.20. The number of rotatable bonds is 6. The van der Waals surface area contributed by atoms with E-state index in [1.165, 1.54) is 11.3 Å². The third-order valence-electron chi connectivity index (χ3n) is 2.55. The van der Waals surface area contributed by atoms with E-state index < -0.39 is 0 Å². The first-order valence-electron chi connectivity index (χ1n) is 5.45. The maximum Gasteiger partial charge on any atom is 0.0637 e. The van der Waals surface area contributed by atoms with Gasteiger partial charge in [0, 0.05) is 36.9 Å². The van der Waals surface area contributed by atoms with Crippen molar-refractivity contribution in [1.29, 1.82) is 0 Å². The molecule has 0 bridgehead atoms. The van der Waals surface area contributed by atoms with Crippen LogP contribution in [0.3, 0.4) is 0 Å². The second kappa shape index (κ2) is 6.89. The Labute approximate surface area is 106 Å². The molecular formula is C12H19BrN2O. The highest BCUT2D eigenvalue weighted by atomic mass is 79.9. The zero-order valence-electron chi connectivity index (χ0n) is 9.87. The SMILES string of the molecule is CCN(CCOC)c1cc(Br)ccc1CN. The minimum absolute atomic E-state index is 0.562. The molecule has 0 atom stereocenters. The summed E-state index contributed by atoms with van der Waals surface area (Å²) in [6.07, 6.45) is 0. The van der Waals surface area contributed by atoms with Gasteiger partial charge >= 0.3 is 0 Å². The fourth-order valence-corrected chi connectivity index (χ4v) is 2.00. The number of anilines is 1. The molecule has 1 aromatic rings. The number of likely N-dealkylation sites (N-methyl/N-ethyl adjacent to an activating group) is 1. The summed E-state index contributed by atoms with van der Waals surface area (Å²) in [4.78, 5) is 2.27. The molecule has 0 unspecified atom stereocenters. The molecule has 2 N–H and O–H groups in total. The Balaban J connectivity index is 2.92. The van der Waals surface area contributed by atoms with E-state index in [0.717, 1.165) is 24.2 Å². The summed E-state index contributed by atoms with van der Waals surface area (Å²) in [5.41, 5.74) is 8.11. The molecule has 0 amide bonds. The van der Waals surface area contributed by atoms with E-state index in [1.807, 2.05) is 6.07 Å². The van der Waals surface area contributed by atoms with Crippen molar-refractivity contribution < 1.29 is 4.74 Å². The highest BCUT2D eigenvalue weighted by molar-refractivity contribution is 9.10. The van der Waals surface area contributed by atoms with Crippen molar-refractivity contribution in [3.63, 3.8) is 0 Å². The molecule has 0 fully saturated rings. The molecule has 0 aliphatic rings. The molecule has 0 aliphatic heterocycles. The number of halogens is 1. The Hall–Kier alpha value is -0.580. The predicted octanol–water partition coefficient (Wildman–Crippen LogP) is 2.38. The van der Waals surface area contributed by atoms with E-state index in [9.17, 15) is 0 Å². The summed E-state index contributed by atoms with van der Waals surface area (Å²) in [5, 5.41) is 0. The highest BCUT2D eigenvalue weighted by Crippen LogP contribution is 2.24. The first-order chi connectivity index (χ1) is 7.72. The number of ether oxygens (including phenoxy) is 1. The Bertz CT molecular complexity index is 331. The normalized spacial score (nSPS) is 10.5. The molecule has 3 nitrogen and oxygen atoms in total. The van der Waals surface area contributed by atoms with Crippen molar-refractivity contribution in [1.82, 2.24) is 0 Å². The molecule has 16 heavy (non-hydrogen) atoms. The third-order valence-corrected chi connectivity index (χ3v) is 3.05. The number of hydrogen-bond acceptors (Lipinski definition) is 3. The quantitative estimate of drug-likeness (QED) is 0.873. The number of methoxy groups -OCH3 is 1. The molecule has 0 radical (unpaired) electrons. The van der Waals surface area contributed by atoms with Crippen LogP contribution >= 0.6 is 15.9 Å². The van der Waals surface area contributed by atoms with E-state index in [-0.39, 0.29) is 0 Å². The van der Waals surface area contributed by atoms with E-state index in [2.05, 4.69) is 39.9 Å².